The van der Waals surface area contributed by atoms with Crippen molar-refractivity contribution in [3.63, 3.8) is 0 Å². The predicted octanol–water partition coefficient (Wildman–Crippen LogP) is 5.87. The Bertz CT molecular complexity index is 1470. The van der Waals surface area contributed by atoms with Gasteiger partial charge >= 0.3 is 0 Å². The molecule has 11 heteroatoms. The van der Waals surface area contributed by atoms with Gasteiger partial charge in [0, 0.05) is 24.9 Å². The first-order valence-corrected chi connectivity index (χ1v) is 18.1. The Kier molecular flexibility index (Phi) is 8.23. The SMILES string of the molecule is COC/C=C/c1cnc2c(c1)CCC2Cc1nc2nc(O[C@@H]3CO[C@H]4[C@@H]3OC[C@H]4O[Si](C)(C)C(C)(C)C)[nH]c2cc1Cl. The Morgan fingerprint density at radius 2 is 1.88 bits per heavy atom. The average Bonchev–Trinajstić information content (AvgIpc) is 3.70. The molecule has 0 amide bonds. The van der Waals surface area contributed by atoms with Crippen LogP contribution in [0.5, 0.6) is 6.01 Å². The van der Waals surface area contributed by atoms with Gasteiger partial charge in [0.05, 0.1) is 42.2 Å². The minimum atomic E-state index is -1.95. The number of halogens is 1. The molecule has 0 spiro atoms. The topological polar surface area (TPSA) is 101 Å². The van der Waals surface area contributed by atoms with Crippen molar-refractivity contribution in [3.05, 3.63) is 51.9 Å². The lowest BCUT2D eigenvalue weighted by Gasteiger charge is -2.39. The lowest BCUT2D eigenvalue weighted by molar-refractivity contribution is 0.0116. The second kappa shape index (κ2) is 11.6. The molecule has 3 aliphatic rings. The fraction of sp³-hybridized carbons (Fsp3) is 0.581. The van der Waals surface area contributed by atoms with Crippen molar-refractivity contribution in [1.29, 1.82) is 0 Å². The maximum atomic E-state index is 6.72. The summed E-state index contributed by atoms with van der Waals surface area (Å²) in [6.07, 6.45) is 7.97. The number of hydrogen-bond acceptors (Lipinski definition) is 8. The number of hydrogen-bond donors (Lipinski definition) is 1. The third kappa shape index (κ3) is 5.89. The zero-order valence-electron chi connectivity index (χ0n) is 25.3. The highest BCUT2D eigenvalue weighted by Crippen LogP contribution is 2.41. The summed E-state index contributed by atoms with van der Waals surface area (Å²) in [5.74, 6) is 0.266. The molecule has 3 aromatic rings. The zero-order chi connectivity index (χ0) is 29.6. The maximum absolute atomic E-state index is 6.72. The molecular weight excluding hydrogens is 572 g/mol. The van der Waals surface area contributed by atoms with E-state index in [1.54, 1.807) is 7.11 Å². The van der Waals surface area contributed by atoms with Crippen LogP contribution < -0.4 is 4.74 Å². The second-order valence-corrected chi connectivity index (χ2v) is 18.3. The molecule has 9 nitrogen and oxygen atoms in total. The molecule has 3 aromatic heterocycles. The Labute approximate surface area is 253 Å². The van der Waals surface area contributed by atoms with Gasteiger partial charge in [0.15, 0.2) is 20.1 Å². The molecule has 2 fully saturated rings. The van der Waals surface area contributed by atoms with Crippen molar-refractivity contribution in [2.45, 2.75) is 88.5 Å². The zero-order valence-corrected chi connectivity index (χ0v) is 27.0. The average molecular weight is 613 g/mol. The number of aromatic nitrogens is 4. The largest absolute Gasteiger partial charge is 0.456 e. The van der Waals surface area contributed by atoms with E-state index < -0.39 is 8.32 Å². The van der Waals surface area contributed by atoms with Gasteiger partial charge in [-0.15, -0.1) is 0 Å². The van der Waals surface area contributed by atoms with Crippen LogP contribution in [0.25, 0.3) is 17.2 Å². The van der Waals surface area contributed by atoms with Crippen LogP contribution in [0.15, 0.2) is 24.4 Å². The van der Waals surface area contributed by atoms with E-state index in [9.17, 15) is 0 Å². The quantitative estimate of drug-likeness (QED) is 0.299. The number of imidazole rings is 1. The van der Waals surface area contributed by atoms with Gasteiger partial charge < -0.3 is 28.4 Å². The van der Waals surface area contributed by atoms with Crippen LogP contribution >= 0.6 is 11.6 Å². The lowest BCUT2D eigenvalue weighted by atomic mass is 9.99. The van der Waals surface area contributed by atoms with Crippen LogP contribution in [0.3, 0.4) is 0 Å². The Hall–Kier alpha value is -2.34. The standard InChI is InChI=1S/C31H41ClN4O5Si/c1-31(2,3)42(5,6)41-25-17-39-27-24(16-38-28(25)27)40-30-35-23-14-21(32)22(34-29(23)36-30)13-20-10-9-19-12-18(8-7-11-37-4)15-33-26(19)20/h7-8,12,14-15,20,24-25,27-28H,9-11,13,16-17H2,1-6H3,(H,34,35,36)/b8-7+/t20?,24-,25-,27-,28-/m1/s1. The van der Waals surface area contributed by atoms with Crippen LogP contribution in [-0.4, -0.2) is 79.6 Å². The summed E-state index contributed by atoms with van der Waals surface area (Å²) >= 11 is 6.72. The fourth-order valence-corrected chi connectivity index (χ4v) is 7.38. The van der Waals surface area contributed by atoms with Gasteiger partial charge in [-0.25, -0.2) is 4.98 Å². The van der Waals surface area contributed by atoms with Gasteiger partial charge in [-0.05, 0) is 60.7 Å². The van der Waals surface area contributed by atoms with Crippen molar-refractivity contribution in [3.8, 4) is 6.01 Å². The molecule has 226 valence electrons. The number of aromatic amines is 1. The summed E-state index contributed by atoms with van der Waals surface area (Å²) in [4.78, 5) is 17.5. The maximum Gasteiger partial charge on any atom is 0.296 e. The monoisotopic (exact) mass is 612 g/mol. The Balaban J connectivity index is 1.12. The summed E-state index contributed by atoms with van der Waals surface area (Å²) < 4.78 is 30.3. The number of nitrogens with one attached hydrogen (secondary N) is 1. The Morgan fingerprint density at radius 1 is 1.12 bits per heavy atom. The molecule has 0 saturated carbocycles. The van der Waals surface area contributed by atoms with Crippen LogP contribution in [0, 0.1) is 0 Å². The molecule has 2 saturated heterocycles. The van der Waals surface area contributed by atoms with E-state index >= 15 is 0 Å². The minimum Gasteiger partial charge on any atom is -0.456 e. The first kappa shape index (κ1) is 29.7. The molecule has 0 bridgehead atoms. The van der Waals surface area contributed by atoms with Gasteiger partial charge in [0.25, 0.3) is 6.01 Å². The van der Waals surface area contributed by atoms with Gasteiger partial charge in [0.1, 0.15) is 12.2 Å². The molecule has 1 N–H and O–H groups in total. The molecule has 0 radical (unpaired) electrons. The first-order chi connectivity index (χ1) is 20.0. The van der Waals surface area contributed by atoms with Crippen LogP contribution in [0.4, 0.5) is 0 Å². The van der Waals surface area contributed by atoms with E-state index in [1.807, 2.05) is 24.4 Å². The number of aryl methyl sites for hydroxylation is 1. The highest BCUT2D eigenvalue weighted by atomic mass is 35.5. The molecule has 42 heavy (non-hydrogen) atoms. The van der Waals surface area contributed by atoms with Gasteiger partial charge in [-0.3, -0.25) is 4.98 Å². The molecule has 1 aliphatic carbocycles. The molecule has 6 rings (SSSR count). The second-order valence-electron chi connectivity index (χ2n) is 13.1. The molecule has 2 aliphatic heterocycles. The number of ether oxygens (including phenoxy) is 4. The van der Waals surface area contributed by atoms with Crippen molar-refractivity contribution in [2.24, 2.45) is 0 Å². The number of nitrogens with zero attached hydrogens (tertiary/aromatic N) is 3. The number of H-pyrrole nitrogens is 1. The van der Waals surface area contributed by atoms with E-state index in [-0.39, 0.29) is 35.4 Å². The minimum absolute atomic E-state index is 0.0860. The Morgan fingerprint density at radius 3 is 2.64 bits per heavy atom. The van der Waals surface area contributed by atoms with Gasteiger partial charge in [-0.2, -0.15) is 4.98 Å². The highest BCUT2D eigenvalue weighted by Gasteiger charge is 2.52. The van der Waals surface area contributed by atoms with Gasteiger partial charge in [0.2, 0.25) is 0 Å². The summed E-state index contributed by atoms with van der Waals surface area (Å²) in [5, 5.41) is 0.725. The van der Waals surface area contributed by atoms with Crippen molar-refractivity contribution < 1.29 is 23.4 Å². The smallest absolute Gasteiger partial charge is 0.296 e. The van der Waals surface area contributed by atoms with Crippen LogP contribution in [-0.2, 0) is 31.5 Å². The molecule has 0 aromatic carbocycles. The normalized spacial score (nSPS) is 25.9. The number of pyridine rings is 2. The van der Waals surface area contributed by atoms with Crippen LogP contribution in [0.2, 0.25) is 23.2 Å². The third-order valence-electron chi connectivity index (χ3n) is 9.14. The molecule has 1 unspecified atom stereocenters. The van der Waals surface area contributed by atoms with Crippen LogP contribution in [0.1, 0.15) is 55.6 Å². The van der Waals surface area contributed by atoms with E-state index in [0.29, 0.717) is 42.9 Å². The fourth-order valence-electron chi connectivity index (χ4n) is 5.84. The number of fused-ring (bicyclic) bond motifs is 3. The lowest BCUT2D eigenvalue weighted by Crippen LogP contribution is -2.47. The van der Waals surface area contributed by atoms with E-state index in [1.165, 1.54) is 5.56 Å². The van der Waals surface area contributed by atoms with Crippen molar-refractivity contribution >= 4 is 37.2 Å². The van der Waals surface area contributed by atoms with E-state index in [2.05, 4.69) is 49.9 Å². The molecule has 5 heterocycles. The number of methoxy groups -OCH3 is 1. The first-order valence-electron chi connectivity index (χ1n) is 14.8. The third-order valence-corrected chi connectivity index (χ3v) is 14.0. The van der Waals surface area contributed by atoms with E-state index in [4.69, 9.17) is 44.9 Å². The highest BCUT2D eigenvalue weighted by molar-refractivity contribution is 6.74. The predicted molar refractivity (Wildman–Crippen MR) is 165 cm³/mol. The summed E-state index contributed by atoms with van der Waals surface area (Å²) in [6, 6.07) is 4.49. The summed E-state index contributed by atoms with van der Waals surface area (Å²) in [7, 11) is -0.264. The van der Waals surface area contributed by atoms with Crippen molar-refractivity contribution in [2.75, 3.05) is 26.9 Å². The molecular formula is C31H41ClN4O5Si. The van der Waals surface area contributed by atoms with E-state index in [0.717, 1.165) is 35.3 Å². The summed E-state index contributed by atoms with van der Waals surface area (Å²) in [5.41, 5.74) is 5.64. The molecule has 5 atom stereocenters. The van der Waals surface area contributed by atoms with Gasteiger partial charge in [-0.1, -0.05) is 44.5 Å². The van der Waals surface area contributed by atoms with Crippen molar-refractivity contribution in [1.82, 2.24) is 19.9 Å². The number of rotatable bonds is 9. The summed E-state index contributed by atoms with van der Waals surface area (Å²) in [6.45, 7) is 12.7.